The van der Waals surface area contributed by atoms with Crippen LogP contribution in [0.1, 0.15) is 31.9 Å². The number of carbonyl (C=O) groups is 1. The Kier molecular flexibility index (Phi) is 7.87. The second-order valence-corrected chi connectivity index (χ2v) is 12.0. The Bertz CT molecular complexity index is 1400. The molecule has 0 saturated carbocycles. The lowest BCUT2D eigenvalue weighted by molar-refractivity contribution is -0.127. The summed E-state index contributed by atoms with van der Waals surface area (Å²) in [7, 11) is -2.48. The number of methoxy groups -OCH3 is 1. The van der Waals surface area contributed by atoms with Gasteiger partial charge in [0.05, 0.1) is 30.8 Å². The monoisotopic (exact) mass is 538 g/mol. The first kappa shape index (κ1) is 27.3. The molecule has 1 heterocycles. The SMILES string of the molecule is COc1ccc(S(=O)(=O)N2CC(C(=O)NCCOc3ccccc3C)Oc3ccc(C(C)(C)C)cc32)cc1. The third-order valence-corrected chi connectivity index (χ3v) is 8.18. The summed E-state index contributed by atoms with van der Waals surface area (Å²) in [5, 5.41) is 2.81. The van der Waals surface area contributed by atoms with Crippen LogP contribution in [0.15, 0.2) is 71.6 Å². The molecule has 0 bridgehead atoms. The summed E-state index contributed by atoms with van der Waals surface area (Å²) in [4.78, 5) is 13.2. The summed E-state index contributed by atoms with van der Waals surface area (Å²) in [6.45, 7) is 8.45. The molecule has 8 nitrogen and oxygen atoms in total. The summed E-state index contributed by atoms with van der Waals surface area (Å²) < 4.78 is 45.8. The van der Waals surface area contributed by atoms with E-state index in [1.54, 1.807) is 18.2 Å². The van der Waals surface area contributed by atoms with Gasteiger partial charge in [0, 0.05) is 0 Å². The largest absolute Gasteiger partial charge is 0.497 e. The minimum atomic E-state index is -4.00. The predicted molar refractivity (Wildman–Crippen MR) is 147 cm³/mol. The van der Waals surface area contributed by atoms with Crippen LogP contribution in [-0.4, -0.2) is 47.2 Å². The molecule has 3 aromatic carbocycles. The van der Waals surface area contributed by atoms with Crippen molar-refractivity contribution in [3.05, 3.63) is 77.9 Å². The number of carbonyl (C=O) groups excluding carboxylic acids is 1. The smallest absolute Gasteiger partial charge is 0.264 e. The number of sulfonamides is 1. The van der Waals surface area contributed by atoms with E-state index in [-0.39, 0.29) is 30.0 Å². The van der Waals surface area contributed by atoms with Crippen molar-refractivity contribution in [2.45, 2.75) is 44.1 Å². The van der Waals surface area contributed by atoms with Gasteiger partial charge >= 0.3 is 0 Å². The molecule has 1 aliphatic heterocycles. The molecule has 4 rings (SSSR count). The van der Waals surface area contributed by atoms with E-state index in [1.807, 2.05) is 43.3 Å². The minimum absolute atomic E-state index is 0.0955. The number of para-hydroxylation sites is 1. The molecule has 202 valence electrons. The number of amides is 1. The predicted octanol–water partition coefficient (Wildman–Crippen LogP) is 4.45. The van der Waals surface area contributed by atoms with Crippen molar-refractivity contribution in [1.82, 2.24) is 5.32 Å². The zero-order valence-electron chi connectivity index (χ0n) is 22.4. The molecule has 0 radical (unpaired) electrons. The highest BCUT2D eigenvalue weighted by atomic mass is 32.2. The van der Waals surface area contributed by atoms with Gasteiger partial charge in [-0.1, -0.05) is 45.0 Å². The molecular formula is C29H34N2O6S. The molecule has 1 N–H and O–H groups in total. The van der Waals surface area contributed by atoms with Crippen molar-refractivity contribution < 1.29 is 27.4 Å². The fourth-order valence-electron chi connectivity index (χ4n) is 4.12. The van der Waals surface area contributed by atoms with Crippen molar-refractivity contribution >= 4 is 21.6 Å². The van der Waals surface area contributed by atoms with Gasteiger partial charge < -0.3 is 19.5 Å². The van der Waals surface area contributed by atoms with Gasteiger partial charge in [-0.25, -0.2) is 8.42 Å². The summed E-state index contributed by atoms with van der Waals surface area (Å²) in [5.41, 5.74) is 2.14. The number of hydrogen-bond donors (Lipinski definition) is 1. The number of nitrogens with zero attached hydrogens (tertiary/aromatic N) is 1. The molecule has 0 aromatic heterocycles. The van der Waals surface area contributed by atoms with Crippen LogP contribution >= 0.6 is 0 Å². The van der Waals surface area contributed by atoms with Crippen molar-refractivity contribution in [3.63, 3.8) is 0 Å². The molecule has 0 saturated heterocycles. The number of nitrogens with one attached hydrogen (secondary N) is 1. The zero-order valence-corrected chi connectivity index (χ0v) is 23.2. The average Bonchev–Trinajstić information content (AvgIpc) is 2.90. The van der Waals surface area contributed by atoms with Gasteiger partial charge in [0.15, 0.2) is 6.10 Å². The van der Waals surface area contributed by atoms with Crippen LogP contribution in [-0.2, 0) is 20.2 Å². The van der Waals surface area contributed by atoms with E-state index in [9.17, 15) is 13.2 Å². The Morgan fingerprint density at radius 1 is 1.08 bits per heavy atom. The van der Waals surface area contributed by atoms with E-state index in [0.29, 0.717) is 17.2 Å². The summed E-state index contributed by atoms with van der Waals surface area (Å²) in [5.74, 6) is 1.21. The first-order valence-corrected chi connectivity index (χ1v) is 13.9. The van der Waals surface area contributed by atoms with Gasteiger partial charge in [-0.2, -0.15) is 0 Å². The van der Waals surface area contributed by atoms with E-state index >= 15 is 0 Å². The van der Waals surface area contributed by atoms with E-state index in [4.69, 9.17) is 14.2 Å². The molecule has 1 atom stereocenters. The van der Waals surface area contributed by atoms with Crippen molar-refractivity contribution in [2.24, 2.45) is 0 Å². The Morgan fingerprint density at radius 3 is 2.45 bits per heavy atom. The number of fused-ring (bicyclic) bond motifs is 1. The number of aryl methyl sites for hydroxylation is 1. The van der Waals surface area contributed by atoms with E-state index < -0.39 is 22.0 Å². The number of anilines is 1. The van der Waals surface area contributed by atoms with Crippen LogP contribution in [0.5, 0.6) is 17.2 Å². The standard InChI is InChI=1S/C29H34N2O6S/c1-20-8-6-7-9-25(20)36-17-16-30-28(32)27-19-31(38(33,34)23-13-11-22(35-5)12-14-23)24-18-21(29(2,3)4)10-15-26(24)37-27/h6-15,18,27H,16-17,19H2,1-5H3,(H,30,32). The van der Waals surface area contributed by atoms with Crippen LogP contribution in [0.3, 0.4) is 0 Å². The van der Waals surface area contributed by atoms with Crippen LogP contribution in [0.2, 0.25) is 0 Å². The maximum absolute atomic E-state index is 13.8. The normalized spacial score (nSPS) is 15.3. The van der Waals surface area contributed by atoms with Crippen LogP contribution in [0.25, 0.3) is 0 Å². The zero-order chi connectivity index (χ0) is 27.5. The van der Waals surface area contributed by atoms with Crippen molar-refractivity contribution in [3.8, 4) is 17.2 Å². The van der Waals surface area contributed by atoms with Crippen LogP contribution < -0.4 is 23.8 Å². The van der Waals surface area contributed by atoms with Gasteiger partial charge in [-0.3, -0.25) is 9.10 Å². The third kappa shape index (κ3) is 5.88. The fraction of sp³-hybridized carbons (Fsp3) is 0.345. The summed E-state index contributed by atoms with van der Waals surface area (Å²) in [6.07, 6.45) is -1.03. The first-order chi connectivity index (χ1) is 18.0. The molecular weight excluding hydrogens is 504 g/mol. The molecule has 0 aliphatic carbocycles. The summed E-state index contributed by atoms with van der Waals surface area (Å²) >= 11 is 0. The molecule has 0 spiro atoms. The Hall–Kier alpha value is -3.72. The lowest BCUT2D eigenvalue weighted by Gasteiger charge is -2.36. The number of benzene rings is 3. The van der Waals surface area contributed by atoms with Crippen LogP contribution in [0.4, 0.5) is 5.69 Å². The van der Waals surface area contributed by atoms with E-state index in [0.717, 1.165) is 16.9 Å². The van der Waals surface area contributed by atoms with Crippen molar-refractivity contribution in [2.75, 3.05) is 31.1 Å². The van der Waals surface area contributed by atoms with Crippen LogP contribution in [0, 0.1) is 6.92 Å². The van der Waals surface area contributed by atoms with Crippen molar-refractivity contribution in [1.29, 1.82) is 0 Å². The van der Waals surface area contributed by atoms with Gasteiger partial charge in [0.25, 0.3) is 15.9 Å². The Morgan fingerprint density at radius 2 is 1.79 bits per heavy atom. The maximum Gasteiger partial charge on any atom is 0.264 e. The van der Waals surface area contributed by atoms with E-state index in [2.05, 4.69) is 26.1 Å². The Balaban J connectivity index is 1.57. The lowest BCUT2D eigenvalue weighted by Crippen LogP contribution is -2.51. The highest BCUT2D eigenvalue weighted by Crippen LogP contribution is 2.40. The second kappa shape index (κ2) is 10.9. The fourth-order valence-corrected chi connectivity index (χ4v) is 5.59. The molecule has 1 unspecified atom stereocenters. The average molecular weight is 539 g/mol. The molecule has 0 fully saturated rings. The quantitative estimate of drug-likeness (QED) is 0.426. The van der Waals surface area contributed by atoms with E-state index in [1.165, 1.54) is 23.5 Å². The number of rotatable bonds is 8. The molecule has 3 aromatic rings. The highest BCUT2D eigenvalue weighted by Gasteiger charge is 2.38. The number of ether oxygens (including phenoxy) is 3. The molecule has 38 heavy (non-hydrogen) atoms. The highest BCUT2D eigenvalue weighted by molar-refractivity contribution is 7.92. The maximum atomic E-state index is 13.8. The Labute approximate surface area is 224 Å². The topological polar surface area (TPSA) is 94.2 Å². The second-order valence-electron chi connectivity index (χ2n) is 10.2. The first-order valence-electron chi connectivity index (χ1n) is 12.4. The molecule has 1 aliphatic rings. The molecule has 1 amide bonds. The third-order valence-electron chi connectivity index (χ3n) is 6.39. The molecule has 9 heteroatoms. The van der Waals surface area contributed by atoms with Gasteiger partial charge in [-0.05, 0) is 65.9 Å². The van der Waals surface area contributed by atoms with Gasteiger partial charge in [0.2, 0.25) is 0 Å². The summed E-state index contributed by atoms with van der Waals surface area (Å²) in [6, 6.07) is 19.3. The minimum Gasteiger partial charge on any atom is -0.497 e. The lowest BCUT2D eigenvalue weighted by atomic mass is 9.86. The van der Waals surface area contributed by atoms with Gasteiger partial charge in [-0.15, -0.1) is 0 Å². The van der Waals surface area contributed by atoms with Gasteiger partial charge in [0.1, 0.15) is 23.9 Å². The number of hydrogen-bond acceptors (Lipinski definition) is 6.